The van der Waals surface area contributed by atoms with Crippen LogP contribution in [0.3, 0.4) is 0 Å². The molecule has 5 aromatic rings. The summed E-state index contributed by atoms with van der Waals surface area (Å²) in [5.41, 5.74) is 5.52. The Labute approximate surface area is 189 Å². The highest BCUT2D eigenvalue weighted by Gasteiger charge is 2.15. The van der Waals surface area contributed by atoms with Crippen molar-refractivity contribution in [1.29, 1.82) is 0 Å². The second-order valence-corrected chi connectivity index (χ2v) is 8.69. The molecule has 4 nitrogen and oxygen atoms in total. The quantitative estimate of drug-likeness (QED) is 0.350. The molecule has 6 rings (SSSR count). The van der Waals surface area contributed by atoms with E-state index in [0.717, 1.165) is 23.0 Å². The Morgan fingerprint density at radius 3 is 2.42 bits per heavy atom. The van der Waals surface area contributed by atoms with Gasteiger partial charge in [-0.15, -0.1) is 0 Å². The summed E-state index contributed by atoms with van der Waals surface area (Å²) in [7, 11) is 0. The van der Waals surface area contributed by atoms with E-state index in [1.165, 1.54) is 11.1 Å². The second-order valence-electron chi connectivity index (χ2n) is 8.69. The smallest absolute Gasteiger partial charge is 0.197 e. The number of nitrogens with zero attached hydrogens (tertiary/aromatic N) is 1. The van der Waals surface area contributed by atoms with Gasteiger partial charge in [-0.2, -0.15) is 0 Å². The van der Waals surface area contributed by atoms with Crippen LogP contribution in [0.15, 0.2) is 106 Å². The molecule has 0 saturated carbocycles. The molecule has 33 heavy (non-hydrogen) atoms. The van der Waals surface area contributed by atoms with Crippen molar-refractivity contribution in [3.63, 3.8) is 0 Å². The first-order chi connectivity index (χ1) is 16.1. The summed E-state index contributed by atoms with van der Waals surface area (Å²) in [6.07, 6.45) is 9.43. The van der Waals surface area contributed by atoms with Gasteiger partial charge in [0.05, 0.1) is 16.6 Å². The van der Waals surface area contributed by atoms with E-state index in [0.29, 0.717) is 33.6 Å². The SMILES string of the molecule is CC1=CC=C(Cn2c3ccccc3c(=O)c3cc4[nH]c5ccccc5c(=O)c4cc32)CC=C1. The molecule has 2 heterocycles. The molecule has 1 N–H and O–H groups in total. The molecule has 0 radical (unpaired) electrons. The number of fused-ring (bicyclic) bond motifs is 4. The average molecular weight is 431 g/mol. The minimum atomic E-state index is -0.0245. The molecule has 0 saturated heterocycles. The Balaban J connectivity index is 1.72. The number of hydrogen-bond acceptors (Lipinski definition) is 2. The largest absolute Gasteiger partial charge is 0.354 e. The summed E-state index contributed by atoms with van der Waals surface area (Å²) >= 11 is 0. The summed E-state index contributed by atoms with van der Waals surface area (Å²) in [6.45, 7) is 2.73. The van der Waals surface area contributed by atoms with Crippen LogP contribution in [0.2, 0.25) is 0 Å². The number of rotatable bonds is 2. The Morgan fingerprint density at radius 1 is 0.788 bits per heavy atom. The van der Waals surface area contributed by atoms with Crippen LogP contribution in [0.4, 0.5) is 0 Å². The van der Waals surface area contributed by atoms with Gasteiger partial charge in [-0.3, -0.25) is 9.59 Å². The molecule has 0 atom stereocenters. The molecular formula is C29H22N2O2. The zero-order valence-electron chi connectivity index (χ0n) is 18.3. The highest BCUT2D eigenvalue weighted by molar-refractivity contribution is 6.03. The zero-order chi connectivity index (χ0) is 22.5. The van der Waals surface area contributed by atoms with Crippen molar-refractivity contribution in [2.75, 3.05) is 0 Å². The summed E-state index contributed by atoms with van der Waals surface area (Å²) in [5.74, 6) is 0. The van der Waals surface area contributed by atoms with Gasteiger partial charge in [0, 0.05) is 33.6 Å². The van der Waals surface area contributed by atoms with Gasteiger partial charge in [0.2, 0.25) is 0 Å². The fraction of sp³-hybridized carbons (Fsp3) is 0.103. The number of para-hydroxylation sites is 2. The second kappa shape index (κ2) is 7.45. The van der Waals surface area contributed by atoms with E-state index in [1.54, 1.807) is 0 Å². The Kier molecular flexibility index (Phi) is 4.40. The third kappa shape index (κ3) is 3.14. The lowest BCUT2D eigenvalue weighted by Gasteiger charge is -2.17. The molecule has 4 heteroatoms. The van der Waals surface area contributed by atoms with Crippen molar-refractivity contribution in [1.82, 2.24) is 9.55 Å². The van der Waals surface area contributed by atoms with Gasteiger partial charge in [-0.1, -0.05) is 54.1 Å². The fourth-order valence-electron chi connectivity index (χ4n) is 4.80. The monoisotopic (exact) mass is 430 g/mol. The molecule has 0 spiro atoms. The summed E-state index contributed by atoms with van der Waals surface area (Å²) in [5, 5.41) is 2.54. The van der Waals surface area contributed by atoms with Gasteiger partial charge in [0.15, 0.2) is 10.9 Å². The van der Waals surface area contributed by atoms with Gasteiger partial charge in [-0.05, 0) is 55.3 Å². The molecule has 0 fully saturated rings. The van der Waals surface area contributed by atoms with E-state index >= 15 is 0 Å². The lowest BCUT2D eigenvalue weighted by Crippen LogP contribution is -2.14. The molecule has 0 bridgehead atoms. The number of H-pyrrole nitrogens is 1. The first-order valence-electron chi connectivity index (χ1n) is 11.1. The Bertz CT molecular complexity index is 1810. The molecule has 160 valence electrons. The van der Waals surface area contributed by atoms with Crippen molar-refractivity contribution < 1.29 is 0 Å². The number of allylic oxidation sites excluding steroid dienone is 6. The average Bonchev–Trinajstić information content (AvgIpc) is 3.05. The van der Waals surface area contributed by atoms with E-state index in [4.69, 9.17) is 0 Å². The van der Waals surface area contributed by atoms with Gasteiger partial charge < -0.3 is 9.55 Å². The number of aromatic nitrogens is 2. The number of hydrogen-bond donors (Lipinski definition) is 1. The van der Waals surface area contributed by atoms with Crippen LogP contribution < -0.4 is 10.9 Å². The molecule has 0 unspecified atom stereocenters. The van der Waals surface area contributed by atoms with Crippen LogP contribution in [0.25, 0.3) is 43.6 Å². The van der Waals surface area contributed by atoms with Crippen LogP contribution in [0.1, 0.15) is 13.3 Å². The van der Waals surface area contributed by atoms with E-state index in [9.17, 15) is 9.59 Å². The summed E-state index contributed by atoms with van der Waals surface area (Å²) in [4.78, 5) is 30.2. The number of nitrogens with one attached hydrogen (secondary N) is 1. The maximum atomic E-state index is 13.5. The van der Waals surface area contributed by atoms with Crippen molar-refractivity contribution in [2.45, 2.75) is 19.9 Å². The molecule has 1 aliphatic rings. The summed E-state index contributed by atoms with van der Waals surface area (Å²) < 4.78 is 2.17. The van der Waals surface area contributed by atoms with Crippen LogP contribution in [0.5, 0.6) is 0 Å². The predicted molar refractivity (Wildman–Crippen MR) is 137 cm³/mol. The van der Waals surface area contributed by atoms with Gasteiger partial charge in [-0.25, -0.2) is 0 Å². The standard InChI is InChI=1S/C29H22N2O2/c1-18-7-6-8-19(14-13-18)17-31-26-12-5-3-10-21(26)29(33)23-15-25-22(16-27(23)31)28(32)20-9-2-4-11-24(20)30-25/h2-7,9-16H,8,17H2,1H3,(H,30,32). The molecule has 0 amide bonds. The van der Waals surface area contributed by atoms with Crippen LogP contribution in [0, 0.1) is 0 Å². The molecule has 2 aromatic heterocycles. The minimum absolute atomic E-state index is 0.0155. The minimum Gasteiger partial charge on any atom is -0.354 e. The molecule has 1 aliphatic carbocycles. The van der Waals surface area contributed by atoms with E-state index in [1.807, 2.05) is 60.7 Å². The Hall–Kier alpha value is -4.18. The fourth-order valence-corrected chi connectivity index (χ4v) is 4.80. The van der Waals surface area contributed by atoms with Crippen molar-refractivity contribution in [3.8, 4) is 0 Å². The summed E-state index contributed by atoms with van der Waals surface area (Å²) in [6, 6.07) is 18.9. The first kappa shape index (κ1) is 19.5. The predicted octanol–water partition coefficient (Wildman–Crippen LogP) is 5.98. The normalized spacial score (nSPS) is 14.1. The number of pyridine rings is 2. The van der Waals surface area contributed by atoms with E-state index < -0.39 is 0 Å². The van der Waals surface area contributed by atoms with Crippen molar-refractivity contribution in [3.05, 3.63) is 117 Å². The maximum absolute atomic E-state index is 13.5. The number of aromatic amines is 1. The van der Waals surface area contributed by atoms with Gasteiger partial charge in [0.25, 0.3) is 0 Å². The number of benzene rings is 3. The lowest BCUT2D eigenvalue weighted by atomic mass is 10.0. The molecular weight excluding hydrogens is 408 g/mol. The third-order valence-corrected chi connectivity index (χ3v) is 6.50. The molecule has 3 aromatic carbocycles. The van der Waals surface area contributed by atoms with Crippen LogP contribution in [-0.4, -0.2) is 9.55 Å². The maximum Gasteiger partial charge on any atom is 0.197 e. The molecule has 0 aliphatic heterocycles. The van der Waals surface area contributed by atoms with Crippen molar-refractivity contribution in [2.24, 2.45) is 0 Å². The Morgan fingerprint density at radius 2 is 1.55 bits per heavy atom. The highest BCUT2D eigenvalue weighted by atomic mass is 16.1. The van der Waals surface area contributed by atoms with Crippen LogP contribution in [-0.2, 0) is 6.54 Å². The van der Waals surface area contributed by atoms with E-state index in [-0.39, 0.29) is 10.9 Å². The van der Waals surface area contributed by atoms with Crippen LogP contribution >= 0.6 is 0 Å². The first-order valence-corrected chi connectivity index (χ1v) is 11.1. The zero-order valence-corrected chi connectivity index (χ0v) is 18.3. The highest BCUT2D eigenvalue weighted by Crippen LogP contribution is 2.26. The topological polar surface area (TPSA) is 54.9 Å². The van der Waals surface area contributed by atoms with Gasteiger partial charge in [0.1, 0.15) is 0 Å². The lowest BCUT2D eigenvalue weighted by molar-refractivity contribution is 0.823. The van der Waals surface area contributed by atoms with E-state index in [2.05, 4.69) is 40.8 Å². The third-order valence-electron chi connectivity index (χ3n) is 6.50. The van der Waals surface area contributed by atoms with Crippen molar-refractivity contribution >= 4 is 43.6 Å². The van der Waals surface area contributed by atoms with Gasteiger partial charge >= 0.3 is 0 Å².